The molecule has 1 N–H and O–H groups in total. The Balaban J connectivity index is 1.48. The van der Waals surface area contributed by atoms with Crippen LogP contribution in [0, 0.1) is 5.92 Å². The Hall–Kier alpha value is -1.21. The zero-order valence-corrected chi connectivity index (χ0v) is 15.1. The number of halogens is 1. The molecular weight excluding hydrogens is 358 g/mol. The van der Waals surface area contributed by atoms with Gasteiger partial charge in [0.15, 0.2) is 5.82 Å². The Morgan fingerprint density at radius 1 is 1.39 bits per heavy atom. The van der Waals surface area contributed by atoms with Crippen molar-refractivity contribution >= 4 is 27.8 Å². The Morgan fingerprint density at radius 2 is 2.17 bits per heavy atom. The highest BCUT2D eigenvalue weighted by atomic mass is 79.9. The third-order valence-electron chi connectivity index (χ3n) is 5.15. The molecule has 124 valence electrons. The molecular formula is C16H22BrN5O. The molecule has 1 atom stereocenters. The van der Waals surface area contributed by atoms with Crippen LogP contribution in [0.1, 0.15) is 38.3 Å². The van der Waals surface area contributed by atoms with Crippen LogP contribution in [0.4, 0.5) is 5.82 Å². The number of nitrogens with zero attached hydrogens (tertiary/aromatic N) is 4. The van der Waals surface area contributed by atoms with E-state index >= 15 is 0 Å². The van der Waals surface area contributed by atoms with Gasteiger partial charge in [-0.1, -0.05) is 13.8 Å². The molecule has 4 aliphatic heterocycles. The highest BCUT2D eigenvalue weighted by Crippen LogP contribution is 2.40. The van der Waals surface area contributed by atoms with Gasteiger partial charge in [-0.25, -0.2) is 15.0 Å². The number of aromatic nitrogens is 2. The second-order valence-corrected chi connectivity index (χ2v) is 7.80. The average molecular weight is 380 g/mol. The normalized spacial score (nSPS) is 32.3. The van der Waals surface area contributed by atoms with Crippen LogP contribution in [-0.4, -0.2) is 52.7 Å². The lowest BCUT2D eigenvalue weighted by molar-refractivity contribution is -0.0829. The van der Waals surface area contributed by atoms with Crippen LogP contribution in [0.25, 0.3) is 0 Å². The first-order valence-corrected chi connectivity index (χ1v) is 9.10. The summed E-state index contributed by atoms with van der Waals surface area (Å²) >= 11 is 3.45. The van der Waals surface area contributed by atoms with Crippen LogP contribution in [0.15, 0.2) is 15.8 Å². The summed E-state index contributed by atoms with van der Waals surface area (Å²) in [6.07, 6.45) is 4.15. The first-order chi connectivity index (χ1) is 11.1. The summed E-state index contributed by atoms with van der Waals surface area (Å²) in [5.74, 6) is 1.62. The first-order valence-electron chi connectivity index (χ1n) is 8.31. The fourth-order valence-corrected chi connectivity index (χ4v) is 4.52. The summed E-state index contributed by atoms with van der Waals surface area (Å²) in [5, 5.41) is 3.21. The predicted octanol–water partition coefficient (Wildman–Crippen LogP) is 2.63. The van der Waals surface area contributed by atoms with Gasteiger partial charge in [-0.05, 0) is 47.8 Å². The van der Waals surface area contributed by atoms with Gasteiger partial charge in [0.1, 0.15) is 10.2 Å². The first kappa shape index (κ1) is 15.3. The molecule has 1 spiro atoms. The number of rotatable bonds is 2. The largest absolute Gasteiger partial charge is 0.455 e. The molecule has 6 nitrogen and oxygen atoms in total. The minimum Gasteiger partial charge on any atom is -0.455 e. The molecule has 5 rings (SSSR count). The number of piperidine rings is 3. The van der Waals surface area contributed by atoms with Crippen LogP contribution in [-0.2, 0) is 4.74 Å². The lowest BCUT2D eigenvalue weighted by Crippen LogP contribution is -2.61. The van der Waals surface area contributed by atoms with Crippen molar-refractivity contribution < 1.29 is 4.74 Å². The van der Waals surface area contributed by atoms with Gasteiger partial charge in [0, 0.05) is 12.5 Å². The van der Waals surface area contributed by atoms with Gasteiger partial charge in [0.25, 0.3) is 6.02 Å². The van der Waals surface area contributed by atoms with E-state index in [0.29, 0.717) is 23.7 Å². The Labute approximate surface area is 144 Å². The van der Waals surface area contributed by atoms with Crippen molar-refractivity contribution in [3.05, 3.63) is 16.5 Å². The van der Waals surface area contributed by atoms with Crippen LogP contribution in [0.3, 0.4) is 0 Å². The molecule has 0 saturated carbocycles. The van der Waals surface area contributed by atoms with Gasteiger partial charge in [0.2, 0.25) is 0 Å². The van der Waals surface area contributed by atoms with E-state index in [1.54, 1.807) is 6.20 Å². The highest BCUT2D eigenvalue weighted by Gasteiger charge is 2.51. The van der Waals surface area contributed by atoms with E-state index in [1.807, 2.05) is 0 Å². The fourth-order valence-electron chi connectivity index (χ4n) is 3.87. The Morgan fingerprint density at radius 3 is 2.83 bits per heavy atom. The number of aliphatic imine (C=N–C) groups is 1. The van der Waals surface area contributed by atoms with Gasteiger partial charge < -0.3 is 4.74 Å². The van der Waals surface area contributed by atoms with E-state index in [2.05, 4.69) is 55.0 Å². The molecule has 3 saturated heterocycles. The molecule has 0 amide bonds. The molecule has 5 heterocycles. The van der Waals surface area contributed by atoms with Crippen molar-refractivity contribution in [3.8, 4) is 0 Å². The summed E-state index contributed by atoms with van der Waals surface area (Å²) < 4.78 is 7.07. The third kappa shape index (κ3) is 2.74. The Bertz CT molecular complexity index is 641. The monoisotopic (exact) mass is 379 g/mol. The second-order valence-electron chi connectivity index (χ2n) is 7.05. The van der Waals surface area contributed by atoms with Gasteiger partial charge in [-0.2, -0.15) is 0 Å². The van der Waals surface area contributed by atoms with E-state index in [9.17, 15) is 0 Å². The summed E-state index contributed by atoms with van der Waals surface area (Å²) in [7, 11) is 0. The topological polar surface area (TPSA) is 62.6 Å². The second kappa shape index (κ2) is 5.70. The number of hydrogen-bond donors (Lipinski definition) is 1. The zero-order valence-electron chi connectivity index (χ0n) is 13.5. The molecule has 3 fully saturated rings. The van der Waals surface area contributed by atoms with Crippen molar-refractivity contribution in [1.29, 1.82) is 0 Å². The molecule has 1 aromatic heterocycles. The number of fused-ring (bicyclic) bond motifs is 2. The zero-order chi connectivity index (χ0) is 16.0. The van der Waals surface area contributed by atoms with Gasteiger partial charge in [0.05, 0.1) is 18.4 Å². The number of hydrogen-bond acceptors (Lipinski definition) is 6. The smallest absolute Gasteiger partial charge is 0.291 e. The highest BCUT2D eigenvalue weighted by molar-refractivity contribution is 9.10. The van der Waals surface area contributed by atoms with E-state index in [4.69, 9.17) is 4.74 Å². The summed E-state index contributed by atoms with van der Waals surface area (Å²) in [5.41, 5.74) is 0.814. The molecule has 0 aliphatic carbocycles. The minimum absolute atomic E-state index is 0.123. The van der Waals surface area contributed by atoms with E-state index in [-0.39, 0.29) is 5.60 Å². The van der Waals surface area contributed by atoms with Crippen LogP contribution < -0.4 is 5.32 Å². The van der Waals surface area contributed by atoms with E-state index in [1.165, 1.54) is 25.9 Å². The number of anilines is 1. The van der Waals surface area contributed by atoms with Crippen LogP contribution in [0.5, 0.6) is 0 Å². The van der Waals surface area contributed by atoms with E-state index in [0.717, 1.165) is 23.4 Å². The summed E-state index contributed by atoms with van der Waals surface area (Å²) in [6, 6.07) is 0.588. The summed E-state index contributed by atoms with van der Waals surface area (Å²) in [4.78, 5) is 16.1. The maximum absolute atomic E-state index is 6.28. The van der Waals surface area contributed by atoms with Crippen molar-refractivity contribution in [2.45, 2.75) is 38.2 Å². The lowest BCUT2D eigenvalue weighted by Gasteiger charge is -2.50. The summed E-state index contributed by atoms with van der Waals surface area (Å²) in [6.45, 7) is 8.35. The molecule has 23 heavy (non-hydrogen) atoms. The Kier molecular flexibility index (Phi) is 3.80. The molecule has 0 unspecified atom stereocenters. The molecule has 2 bridgehead atoms. The maximum Gasteiger partial charge on any atom is 0.291 e. The molecule has 1 aromatic rings. The third-order valence-corrected chi connectivity index (χ3v) is 5.76. The fraction of sp³-hybridized carbons (Fsp3) is 0.688. The average Bonchev–Trinajstić information content (AvgIpc) is 2.92. The van der Waals surface area contributed by atoms with Crippen molar-refractivity contribution in [2.24, 2.45) is 10.9 Å². The van der Waals surface area contributed by atoms with Gasteiger partial charge >= 0.3 is 0 Å². The molecule has 0 aromatic carbocycles. The lowest BCUT2D eigenvalue weighted by atomic mass is 9.75. The van der Waals surface area contributed by atoms with Crippen LogP contribution in [0.2, 0.25) is 0 Å². The number of amidine groups is 1. The molecule has 4 aliphatic rings. The standard InChI is InChI=1S/C16H22BrN5O/c1-10(2)13-14(17)18-7-12(20-13)21-15-19-8-16(23-15)9-22-5-3-11(16)4-6-22/h7,10-11H,3-6,8-9H2,1-2H3,(H,19,20,21)/t16-/m0/s1. The van der Waals surface area contributed by atoms with E-state index < -0.39 is 0 Å². The number of ether oxygens (including phenoxy) is 1. The van der Waals surface area contributed by atoms with Crippen molar-refractivity contribution in [2.75, 3.05) is 31.5 Å². The van der Waals surface area contributed by atoms with Crippen molar-refractivity contribution in [3.63, 3.8) is 0 Å². The van der Waals surface area contributed by atoms with Crippen molar-refractivity contribution in [1.82, 2.24) is 14.9 Å². The number of nitrogens with one attached hydrogen (secondary N) is 1. The minimum atomic E-state index is -0.123. The van der Waals surface area contributed by atoms with Gasteiger partial charge in [-0.15, -0.1) is 0 Å². The molecule has 0 radical (unpaired) electrons. The predicted molar refractivity (Wildman–Crippen MR) is 92.7 cm³/mol. The van der Waals surface area contributed by atoms with Gasteiger partial charge in [-0.3, -0.25) is 10.2 Å². The SMILES string of the molecule is CC(C)c1nc(NC2=NC[C@@]3(CN4CCC3CC4)O2)cnc1Br. The van der Waals surface area contributed by atoms with Crippen LogP contribution >= 0.6 is 15.9 Å². The maximum atomic E-state index is 6.28. The quantitative estimate of drug-likeness (QED) is 0.855. The molecule has 7 heteroatoms.